The molecule has 0 amide bonds. The van der Waals surface area contributed by atoms with E-state index in [1.54, 1.807) is 6.92 Å². The third kappa shape index (κ3) is 2.90. The molecule has 5 nitrogen and oxygen atoms in total. The van der Waals surface area contributed by atoms with Crippen LogP contribution in [0.15, 0.2) is 30.0 Å². The molecule has 2 aromatic rings. The lowest BCUT2D eigenvalue weighted by Gasteiger charge is -2.11. The van der Waals surface area contributed by atoms with Crippen LogP contribution < -0.4 is 27.1 Å². The van der Waals surface area contributed by atoms with Gasteiger partial charge in [0, 0.05) is 33.4 Å². The van der Waals surface area contributed by atoms with Gasteiger partial charge in [0.25, 0.3) is 0 Å². The molecule has 0 spiro atoms. The fourth-order valence-corrected chi connectivity index (χ4v) is 2.77. The molecule has 24 heavy (non-hydrogen) atoms. The van der Waals surface area contributed by atoms with Crippen LogP contribution in [0.4, 0.5) is 0 Å². The number of nitrogens with one attached hydrogen (secondary N) is 2. The molecular formula is C18H18ClN5. The average molecular weight is 340 g/mol. The molecule has 0 bridgehead atoms. The second-order valence-electron chi connectivity index (χ2n) is 5.54. The minimum Gasteiger partial charge on any atom is -0.400 e. The summed E-state index contributed by atoms with van der Waals surface area (Å²) in [5, 5.41) is 13.2. The molecule has 0 radical (unpaired) electrons. The van der Waals surface area contributed by atoms with Gasteiger partial charge in [0.15, 0.2) is 5.49 Å². The van der Waals surface area contributed by atoms with Gasteiger partial charge in [-0.3, -0.25) is 5.41 Å². The van der Waals surface area contributed by atoms with E-state index in [0.717, 1.165) is 22.9 Å². The third-order valence-electron chi connectivity index (χ3n) is 3.81. The minimum atomic E-state index is 0.0477. The highest BCUT2D eigenvalue weighted by Gasteiger charge is 2.13. The number of benzene rings is 1. The number of nitrogens with two attached hydrogens (primary N) is 1. The van der Waals surface area contributed by atoms with Gasteiger partial charge in [-0.1, -0.05) is 36.7 Å². The van der Waals surface area contributed by atoms with E-state index >= 15 is 0 Å². The van der Waals surface area contributed by atoms with Gasteiger partial charge >= 0.3 is 0 Å². The van der Waals surface area contributed by atoms with Crippen LogP contribution in [-0.2, 0) is 0 Å². The lowest BCUT2D eigenvalue weighted by atomic mass is 10.1. The fourth-order valence-electron chi connectivity index (χ4n) is 2.54. The summed E-state index contributed by atoms with van der Waals surface area (Å²) < 4.78 is 0. The molecule has 6 heteroatoms. The Morgan fingerprint density at radius 3 is 2.71 bits per heavy atom. The molecule has 1 aliphatic heterocycles. The van der Waals surface area contributed by atoms with Crippen molar-refractivity contribution >= 4 is 29.6 Å². The third-order valence-corrected chi connectivity index (χ3v) is 4.14. The van der Waals surface area contributed by atoms with Gasteiger partial charge < -0.3 is 11.1 Å². The van der Waals surface area contributed by atoms with Crippen molar-refractivity contribution in [2.24, 2.45) is 5.73 Å². The molecule has 1 aromatic carbocycles. The maximum atomic E-state index is 8.23. The molecule has 0 saturated carbocycles. The van der Waals surface area contributed by atoms with E-state index in [4.69, 9.17) is 22.7 Å². The number of halogens is 1. The zero-order valence-corrected chi connectivity index (χ0v) is 14.3. The number of rotatable bonds is 2. The first-order chi connectivity index (χ1) is 11.5. The van der Waals surface area contributed by atoms with Crippen molar-refractivity contribution in [3.05, 3.63) is 56.7 Å². The summed E-state index contributed by atoms with van der Waals surface area (Å²) in [5.74, 6) is 0. The first-order valence-corrected chi connectivity index (χ1v) is 8.04. The number of aromatic nitrogens is 2. The lowest BCUT2D eigenvalue weighted by molar-refractivity contribution is 0.969. The molecule has 2 heterocycles. The topological polar surface area (TPSA) is 87.7 Å². The van der Waals surface area contributed by atoms with E-state index in [-0.39, 0.29) is 5.49 Å². The zero-order chi connectivity index (χ0) is 17.3. The number of nitrogens with zero attached hydrogens (tertiary/aromatic N) is 2. The number of hydrogen-bond donors (Lipinski definition) is 3. The minimum absolute atomic E-state index is 0.0477. The quantitative estimate of drug-likeness (QED) is 0.773. The number of hydrogen-bond acceptors (Lipinski definition) is 5. The van der Waals surface area contributed by atoms with Crippen molar-refractivity contribution in [3.63, 3.8) is 0 Å². The number of allylic oxidation sites excluding steroid dienone is 1. The van der Waals surface area contributed by atoms with Gasteiger partial charge in [-0.2, -0.15) is 0 Å². The van der Waals surface area contributed by atoms with Crippen molar-refractivity contribution < 1.29 is 0 Å². The van der Waals surface area contributed by atoms with Gasteiger partial charge in [0.1, 0.15) is 5.35 Å². The first kappa shape index (κ1) is 16.2. The van der Waals surface area contributed by atoms with Crippen LogP contribution in [0.25, 0.3) is 29.2 Å². The highest BCUT2D eigenvalue weighted by Crippen LogP contribution is 2.23. The second-order valence-corrected chi connectivity index (χ2v) is 5.95. The Hall–Kier alpha value is -2.66. The maximum absolute atomic E-state index is 8.23. The second kappa shape index (κ2) is 6.45. The van der Waals surface area contributed by atoms with E-state index in [2.05, 4.69) is 22.2 Å². The Kier molecular flexibility index (Phi) is 4.36. The molecule has 1 aromatic heterocycles. The molecule has 0 saturated heterocycles. The molecule has 0 aliphatic carbocycles. The summed E-state index contributed by atoms with van der Waals surface area (Å²) >= 11 is 6.38. The molecule has 4 N–H and O–H groups in total. The van der Waals surface area contributed by atoms with Gasteiger partial charge in [-0.25, -0.2) is 9.97 Å². The van der Waals surface area contributed by atoms with Gasteiger partial charge in [-0.15, -0.1) is 0 Å². The summed E-state index contributed by atoms with van der Waals surface area (Å²) in [6, 6.07) is 7.49. The summed E-state index contributed by atoms with van der Waals surface area (Å²) in [7, 11) is 0. The molecule has 0 atom stereocenters. The Bertz CT molecular complexity index is 1020. The van der Waals surface area contributed by atoms with E-state index in [1.807, 2.05) is 36.5 Å². The molecule has 3 rings (SSSR count). The largest absolute Gasteiger partial charge is 0.400 e. The Morgan fingerprint density at radius 2 is 2.04 bits per heavy atom. The zero-order valence-electron chi connectivity index (χ0n) is 13.5. The SMILES string of the molecule is CCC1=Cc2nc(=N)/c(=C(/C)N)nc(-c3ccccc3Cl)c2=CN1. The van der Waals surface area contributed by atoms with E-state index in [1.165, 1.54) is 0 Å². The van der Waals surface area contributed by atoms with E-state index in [0.29, 0.717) is 27.5 Å². The van der Waals surface area contributed by atoms with Crippen molar-refractivity contribution in [2.45, 2.75) is 20.3 Å². The fraction of sp³-hybridized carbons (Fsp3) is 0.167. The molecule has 122 valence electrons. The summed E-state index contributed by atoms with van der Waals surface area (Å²) in [6.45, 7) is 3.77. The standard InChI is InChI=1S/C18H18ClN5/c1-3-11-8-15-13(9-22-11)17(12-6-4-5-7-14(12)19)24-16(10(2)20)18(21)23-15/h4-9,21-22H,3,20H2,1-2H3/b16-10+,21-18?. The van der Waals surface area contributed by atoms with Crippen LogP contribution in [0.3, 0.4) is 0 Å². The van der Waals surface area contributed by atoms with Crippen LogP contribution in [0.5, 0.6) is 0 Å². The summed E-state index contributed by atoms with van der Waals surface area (Å²) in [5.41, 5.74) is 9.57. The summed E-state index contributed by atoms with van der Waals surface area (Å²) in [6.07, 6.45) is 4.64. The van der Waals surface area contributed by atoms with Crippen molar-refractivity contribution in [2.75, 3.05) is 0 Å². The predicted octanol–water partition coefficient (Wildman–Crippen LogP) is 1.46. The predicted molar refractivity (Wildman–Crippen MR) is 96.7 cm³/mol. The van der Waals surface area contributed by atoms with Crippen molar-refractivity contribution in [3.8, 4) is 11.3 Å². The maximum Gasteiger partial charge on any atom is 0.173 e. The Labute approximate surface area is 144 Å². The monoisotopic (exact) mass is 339 g/mol. The lowest BCUT2D eigenvalue weighted by Crippen LogP contribution is -2.32. The Morgan fingerprint density at radius 1 is 1.29 bits per heavy atom. The van der Waals surface area contributed by atoms with Gasteiger partial charge in [0.05, 0.1) is 11.4 Å². The van der Waals surface area contributed by atoms with Gasteiger partial charge in [0.2, 0.25) is 0 Å². The number of fused-ring (bicyclic) bond motifs is 1. The Balaban J connectivity index is 2.51. The normalized spacial score (nSPS) is 14.0. The van der Waals surface area contributed by atoms with E-state index in [9.17, 15) is 0 Å². The van der Waals surface area contributed by atoms with Crippen LogP contribution in [-0.4, -0.2) is 9.97 Å². The van der Waals surface area contributed by atoms with Crippen LogP contribution in [0.2, 0.25) is 5.02 Å². The van der Waals surface area contributed by atoms with E-state index < -0.39 is 0 Å². The highest BCUT2D eigenvalue weighted by molar-refractivity contribution is 6.33. The van der Waals surface area contributed by atoms with Crippen LogP contribution in [0.1, 0.15) is 26.0 Å². The van der Waals surface area contributed by atoms with Crippen LogP contribution >= 0.6 is 11.6 Å². The molecule has 1 aliphatic rings. The average Bonchev–Trinajstić information content (AvgIpc) is 2.70. The smallest absolute Gasteiger partial charge is 0.173 e. The first-order valence-electron chi connectivity index (χ1n) is 7.66. The van der Waals surface area contributed by atoms with Crippen molar-refractivity contribution in [1.29, 1.82) is 5.41 Å². The van der Waals surface area contributed by atoms with Gasteiger partial charge in [-0.05, 0) is 25.5 Å². The molecule has 0 unspecified atom stereocenters. The van der Waals surface area contributed by atoms with Crippen molar-refractivity contribution in [1.82, 2.24) is 15.3 Å². The molecule has 0 fully saturated rings. The summed E-state index contributed by atoms with van der Waals surface area (Å²) in [4.78, 5) is 9.06. The van der Waals surface area contributed by atoms with Crippen LogP contribution in [0, 0.1) is 5.41 Å². The highest BCUT2D eigenvalue weighted by atomic mass is 35.5. The molecular weight excluding hydrogens is 322 g/mol.